The van der Waals surface area contributed by atoms with Crippen LogP contribution in [0.15, 0.2) is 0 Å². The van der Waals surface area contributed by atoms with Gasteiger partial charge in [-0.2, -0.15) is 0 Å². The predicted molar refractivity (Wildman–Crippen MR) is 76.5 cm³/mol. The minimum Gasteiger partial charge on any atom is -0.313 e. The van der Waals surface area contributed by atoms with E-state index in [2.05, 4.69) is 31.0 Å². The number of nitrogens with zero attached hydrogens (tertiary/aromatic N) is 1. The lowest BCUT2D eigenvalue weighted by Gasteiger charge is -2.24. The van der Waals surface area contributed by atoms with Crippen molar-refractivity contribution >= 4 is 0 Å². The fraction of sp³-hybridized carbons (Fsp3) is 1.00. The SMILES string of the molecule is CCCCCC(C)NCCN1CCCC1CC. The molecule has 1 aliphatic rings. The zero-order valence-electron chi connectivity index (χ0n) is 12.2. The lowest BCUT2D eigenvalue weighted by molar-refractivity contribution is 0.244. The molecule has 1 saturated heterocycles. The van der Waals surface area contributed by atoms with Gasteiger partial charge in [-0.15, -0.1) is 0 Å². The van der Waals surface area contributed by atoms with Crippen LogP contribution in [-0.2, 0) is 0 Å². The van der Waals surface area contributed by atoms with E-state index in [9.17, 15) is 0 Å². The summed E-state index contributed by atoms with van der Waals surface area (Å²) in [6.45, 7) is 10.7. The van der Waals surface area contributed by atoms with Gasteiger partial charge < -0.3 is 5.32 Å². The summed E-state index contributed by atoms with van der Waals surface area (Å²) in [7, 11) is 0. The Hall–Kier alpha value is -0.0800. The fourth-order valence-corrected chi connectivity index (χ4v) is 2.91. The molecule has 1 fully saturated rings. The number of unbranched alkanes of at least 4 members (excludes halogenated alkanes) is 2. The fourth-order valence-electron chi connectivity index (χ4n) is 2.91. The summed E-state index contributed by atoms with van der Waals surface area (Å²) in [6, 6.07) is 1.57. The molecule has 1 rings (SSSR count). The number of likely N-dealkylation sites (tertiary alicyclic amines) is 1. The zero-order valence-corrected chi connectivity index (χ0v) is 12.2. The van der Waals surface area contributed by atoms with Crippen LogP contribution in [0, 0.1) is 0 Å². The van der Waals surface area contributed by atoms with Gasteiger partial charge in [-0.05, 0) is 39.2 Å². The Morgan fingerprint density at radius 3 is 2.82 bits per heavy atom. The second-order valence-corrected chi connectivity index (χ2v) is 5.59. The molecule has 2 nitrogen and oxygen atoms in total. The largest absolute Gasteiger partial charge is 0.313 e. The molecular formula is C15H32N2. The minimum atomic E-state index is 0.698. The van der Waals surface area contributed by atoms with Crippen molar-refractivity contribution in [1.82, 2.24) is 10.2 Å². The highest BCUT2D eigenvalue weighted by Crippen LogP contribution is 2.18. The molecule has 0 saturated carbocycles. The summed E-state index contributed by atoms with van der Waals surface area (Å²) in [5.41, 5.74) is 0. The summed E-state index contributed by atoms with van der Waals surface area (Å²) in [6.07, 6.45) is 9.59. The van der Waals surface area contributed by atoms with Crippen molar-refractivity contribution in [2.75, 3.05) is 19.6 Å². The summed E-state index contributed by atoms with van der Waals surface area (Å²) in [5.74, 6) is 0. The molecule has 0 aromatic heterocycles. The first-order valence-corrected chi connectivity index (χ1v) is 7.75. The quantitative estimate of drug-likeness (QED) is 0.621. The molecule has 1 heterocycles. The Bertz CT molecular complexity index is 182. The van der Waals surface area contributed by atoms with Gasteiger partial charge in [0, 0.05) is 25.2 Å². The van der Waals surface area contributed by atoms with Gasteiger partial charge in [0.25, 0.3) is 0 Å². The maximum absolute atomic E-state index is 3.67. The van der Waals surface area contributed by atoms with Crippen LogP contribution < -0.4 is 5.32 Å². The number of nitrogens with one attached hydrogen (secondary N) is 1. The Kier molecular flexibility index (Phi) is 7.87. The molecule has 0 spiro atoms. The molecule has 0 radical (unpaired) electrons. The van der Waals surface area contributed by atoms with E-state index in [0.29, 0.717) is 6.04 Å². The van der Waals surface area contributed by atoms with Gasteiger partial charge in [0.1, 0.15) is 0 Å². The normalized spacial score (nSPS) is 23.1. The van der Waals surface area contributed by atoms with Crippen molar-refractivity contribution in [3.8, 4) is 0 Å². The molecule has 0 aromatic carbocycles. The first-order chi connectivity index (χ1) is 8.27. The molecule has 2 atom stereocenters. The van der Waals surface area contributed by atoms with Crippen LogP contribution in [0.3, 0.4) is 0 Å². The van der Waals surface area contributed by atoms with E-state index in [-0.39, 0.29) is 0 Å². The van der Waals surface area contributed by atoms with Gasteiger partial charge in [-0.3, -0.25) is 4.90 Å². The lowest BCUT2D eigenvalue weighted by atomic mass is 10.1. The third-order valence-corrected chi connectivity index (χ3v) is 4.10. The average molecular weight is 240 g/mol. The Morgan fingerprint density at radius 1 is 1.29 bits per heavy atom. The molecule has 0 bridgehead atoms. The summed E-state index contributed by atoms with van der Waals surface area (Å²) < 4.78 is 0. The van der Waals surface area contributed by atoms with Crippen LogP contribution in [0.5, 0.6) is 0 Å². The van der Waals surface area contributed by atoms with E-state index in [0.717, 1.165) is 6.04 Å². The highest BCUT2D eigenvalue weighted by Gasteiger charge is 2.21. The maximum atomic E-state index is 3.67. The average Bonchev–Trinajstić information content (AvgIpc) is 2.77. The van der Waals surface area contributed by atoms with E-state index >= 15 is 0 Å². The van der Waals surface area contributed by atoms with Crippen LogP contribution in [0.1, 0.15) is 65.7 Å². The van der Waals surface area contributed by atoms with Crippen LogP contribution in [0.4, 0.5) is 0 Å². The van der Waals surface area contributed by atoms with Gasteiger partial charge in [0.2, 0.25) is 0 Å². The smallest absolute Gasteiger partial charge is 0.0110 e. The van der Waals surface area contributed by atoms with Gasteiger partial charge >= 0.3 is 0 Å². The lowest BCUT2D eigenvalue weighted by Crippen LogP contribution is -2.38. The van der Waals surface area contributed by atoms with Crippen LogP contribution in [-0.4, -0.2) is 36.6 Å². The van der Waals surface area contributed by atoms with Crippen molar-refractivity contribution in [3.05, 3.63) is 0 Å². The Balaban J connectivity index is 2.02. The number of hydrogen-bond donors (Lipinski definition) is 1. The molecule has 0 amide bonds. The second kappa shape index (κ2) is 8.93. The molecule has 17 heavy (non-hydrogen) atoms. The third kappa shape index (κ3) is 5.87. The first-order valence-electron chi connectivity index (χ1n) is 7.75. The van der Waals surface area contributed by atoms with Crippen molar-refractivity contribution in [2.24, 2.45) is 0 Å². The van der Waals surface area contributed by atoms with Crippen LogP contribution in [0.25, 0.3) is 0 Å². The highest BCUT2D eigenvalue weighted by molar-refractivity contribution is 4.78. The first kappa shape index (κ1) is 15.0. The standard InChI is InChI=1S/C15H32N2/c1-4-6-7-9-14(3)16-11-13-17-12-8-10-15(17)5-2/h14-16H,4-13H2,1-3H3. The van der Waals surface area contributed by atoms with E-state index < -0.39 is 0 Å². The van der Waals surface area contributed by atoms with Gasteiger partial charge in [-0.1, -0.05) is 33.1 Å². The molecule has 0 aromatic rings. The van der Waals surface area contributed by atoms with Gasteiger partial charge in [-0.25, -0.2) is 0 Å². The zero-order chi connectivity index (χ0) is 12.5. The Morgan fingerprint density at radius 2 is 2.12 bits per heavy atom. The van der Waals surface area contributed by atoms with E-state index in [4.69, 9.17) is 0 Å². The molecule has 2 unspecified atom stereocenters. The minimum absolute atomic E-state index is 0.698. The number of hydrogen-bond acceptors (Lipinski definition) is 2. The van der Waals surface area contributed by atoms with E-state index in [1.165, 1.54) is 64.6 Å². The molecule has 1 aliphatic heterocycles. The highest BCUT2D eigenvalue weighted by atomic mass is 15.2. The van der Waals surface area contributed by atoms with Gasteiger partial charge in [0.15, 0.2) is 0 Å². The summed E-state index contributed by atoms with van der Waals surface area (Å²) in [4.78, 5) is 2.67. The number of rotatable bonds is 9. The van der Waals surface area contributed by atoms with Crippen molar-refractivity contribution in [3.63, 3.8) is 0 Å². The molecule has 2 heteroatoms. The third-order valence-electron chi connectivity index (χ3n) is 4.10. The van der Waals surface area contributed by atoms with Crippen LogP contribution in [0.2, 0.25) is 0 Å². The van der Waals surface area contributed by atoms with E-state index in [1.807, 2.05) is 0 Å². The summed E-state index contributed by atoms with van der Waals surface area (Å²) >= 11 is 0. The molecule has 1 N–H and O–H groups in total. The monoisotopic (exact) mass is 240 g/mol. The van der Waals surface area contributed by atoms with Crippen molar-refractivity contribution < 1.29 is 0 Å². The molecule has 102 valence electrons. The van der Waals surface area contributed by atoms with E-state index in [1.54, 1.807) is 0 Å². The Labute approximate surface area is 108 Å². The van der Waals surface area contributed by atoms with Crippen molar-refractivity contribution in [1.29, 1.82) is 0 Å². The topological polar surface area (TPSA) is 15.3 Å². The molecule has 0 aliphatic carbocycles. The van der Waals surface area contributed by atoms with Crippen molar-refractivity contribution in [2.45, 2.75) is 77.8 Å². The van der Waals surface area contributed by atoms with Gasteiger partial charge in [0.05, 0.1) is 0 Å². The predicted octanol–water partition coefficient (Wildman–Crippen LogP) is 3.42. The maximum Gasteiger partial charge on any atom is 0.0110 e. The summed E-state index contributed by atoms with van der Waals surface area (Å²) in [5, 5.41) is 3.67. The van der Waals surface area contributed by atoms with Crippen LogP contribution >= 0.6 is 0 Å². The molecular weight excluding hydrogens is 208 g/mol. The second-order valence-electron chi connectivity index (χ2n) is 5.59.